The van der Waals surface area contributed by atoms with Crippen LogP contribution in [0, 0.1) is 23.7 Å². The van der Waals surface area contributed by atoms with E-state index in [0.29, 0.717) is 11.8 Å². The van der Waals surface area contributed by atoms with Gasteiger partial charge in [0.1, 0.15) is 0 Å². The van der Waals surface area contributed by atoms with E-state index in [1.165, 1.54) is 14.2 Å². The molecule has 0 aliphatic carbocycles. The standard InChI is InChI=1S/2C7H14O2/c2*1-5(2)6(3)7(8)9-4/h2*5-6H,1-4H3. The lowest BCUT2D eigenvalue weighted by atomic mass is 9.99. The van der Waals surface area contributed by atoms with Gasteiger partial charge >= 0.3 is 11.9 Å². The van der Waals surface area contributed by atoms with Crippen molar-refractivity contribution in [3.63, 3.8) is 0 Å². The van der Waals surface area contributed by atoms with Gasteiger partial charge in [0.2, 0.25) is 0 Å². The van der Waals surface area contributed by atoms with Gasteiger partial charge in [0, 0.05) is 0 Å². The molecule has 0 N–H and O–H groups in total. The molecule has 0 aromatic heterocycles. The lowest BCUT2D eigenvalue weighted by Gasteiger charge is -2.11. The Morgan fingerprint density at radius 3 is 0.944 bits per heavy atom. The fourth-order valence-electron chi connectivity index (χ4n) is 0.916. The first-order valence-electron chi connectivity index (χ1n) is 6.34. The molecular formula is C14H28O4. The van der Waals surface area contributed by atoms with Gasteiger partial charge in [-0.2, -0.15) is 0 Å². The summed E-state index contributed by atoms with van der Waals surface area (Å²) in [7, 11) is 2.84. The van der Waals surface area contributed by atoms with Crippen molar-refractivity contribution in [1.29, 1.82) is 0 Å². The molecule has 0 rings (SSSR count). The van der Waals surface area contributed by atoms with E-state index in [-0.39, 0.29) is 23.8 Å². The maximum atomic E-state index is 10.7. The molecule has 4 heteroatoms. The van der Waals surface area contributed by atoms with E-state index in [1.54, 1.807) is 0 Å². The van der Waals surface area contributed by atoms with E-state index in [2.05, 4.69) is 9.47 Å². The largest absolute Gasteiger partial charge is 0.469 e. The van der Waals surface area contributed by atoms with Gasteiger partial charge in [0.15, 0.2) is 0 Å². The molecule has 0 fully saturated rings. The van der Waals surface area contributed by atoms with Gasteiger partial charge in [-0.15, -0.1) is 0 Å². The van der Waals surface area contributed by atoms with Gasteiger partial charge in [-0.25, -0.2) is 0 Å². The number of hydrogen-bond acceptors (Lipinski definition) is 4. The van der Waals surface area contributed by atoms with E-state index in [0.717, 1.165) is 0 Å². The second-order valence-electron chi connectivity index (χ2n) is 5.11. The third-order valence-electron chi connectivity index (χ3n) is 3.15. The number of hydrogen-bond donors (Lipinski definition) is 0. The molecule has 0 aromatic carbocycles. The van der Waals surface area contributed by atoms with E-state index < -0.39 is 0 Å². The average molecular weight is 260 g/mol. The van der Waals surface area contributed by atoms with Crippen LogP contribution in [0.25, 0.3) is 0 Å². The second-order valence-corrected chi connectivity index (χ2v) is 5.11. The molecular weight excluding hydrogens is 232 g/mol. The fraction of sp³-hybridized carbons (Fsp3) is 0.857. The number of carbonyl (C=O) groups is 2. The molecule has 0 saturated heterocycles. The summed E-state index contributed by atoms with van der Waals surface area (Å²) < 4.78 is 9.07. The molecule has 2 atom stereocenters. The van der Waals surface area contributed by atoms with Crippen LogP contribution in [0.15, 0.2) is 0 Å². The van der Waals surface area contributed by atoms with Gasteiger partial charge in [0.25, 0.3) is 0 Å². The average Bonchev–Trinajstić information content (AvgIpc) is 2.35. The molecule has 0 heterocycles. The molecule has 108 valence electrons. The van der Waals surface area contributed by atoms with Crippen LogP contribution in [0.1, 0.15) is 41.5 Å². The van der Waals surface area contributed by atoms with Crippen LogP contribution in [-0.4, -0.2) is 26.2 Å². The normalized spacial score (nSPS) is 13.4. The summed E-state index contributed by atoms with van der Waals surface area (Å²) in [6, 6.07) is 0. The van der Waals surface area contributed by atoms with Crippen molar-refractivity contribution < 1.29 is 19.1 Å². The van der Waals surface area contributed by atoms with Crippen molar-refractivity contribution in [3.05, 3.63) is 0 Å². The Labute approximate surface area is 111 Å². The lowest BCUT2D eigenvalue weighted by Crippen LogP contribution is -2.17. The minimum Gasteiger partial charge on any atom is -0.469 e. The third-order valence-corrected chi connectivity index (χ3v) is 3.15. The van der Waals surface area contributed by atoms with Gasteiger partial charge in [-0.05, 0) is 11.8 Å². The van der Waals surface area contributed by atoms with Crippen molar-refractivity contribution in [2.24, 2.45) is 23.7 Å². The van der Waals surface area contributed by atoms with E-state index in [9.17, 15) is 9.59 Å². The van der Waals surface area contributed by atoms with Gasteiger partial charge < -0.3 is 9.47 Å². The SMILES string of the molecule is COC(=O)C(C)C(C)C.COC(=O)C(C)C(C)C. The molecule has 0 aromatic rings. The van der Waals surface area contributed by atoms with Crippen LogP contribution in [0.2, 0.25) is 0 Å². The van der Waals surface area contributed by atoms with E-state index >= 15 is 0 Å². The Kier molecular flexibility index (Phi) is 10.6. The van der Waals surface area contributed by atoms with Crippen molar-refractivity contribution in [2.45, 2.75) is 41.5 Å². The lowest BCUT2D eigenvalue weighted by molar-refractivity contribution is -0.147. The first-order chi connectivity index (χ1) is 8.18. The summed E-state index contributed by atoms with van der Waals surface area (Å²) in [5.74, 6) is 0.551. The maximum absolute atomic E-state index is 10.7. The topological polar surface area (TPSA) is 52.6 Å². The van der Waals surface area contributed by atoms with Crippen LogP contribution in [-0.2, 0) is 19.1 Å². The predicted molar refractivity (Wildman–Crippen MR) is 72.0 cm³/mol. The summed E-state index contributed by atoms with van der Waals surface area (Å²) in [5.41, 5.74) is 0. The highest BCUT2D eigenvalue weighted by atomic mass is 16.5. The van der Waals surface area contributed by atoms with E-state index in [1.807, 2.05) is 41.5 Å². The Morgan fingerprint density at radius 1 is 0.667 bits per heavy atom. The molecule has 0 aliphatic rings. The van der Waals surface area contributed by atoms with Crippen LogP contribution in [0.3, 0.4) is 0 Å². The molecule has 18 heavy (non-hydrogen) atoms. The van der Waals surface area contributed by atoms with Crippen LogP contribution >= 0.6 is 0 Å². The van der Waals surface area contributed by atoms with Crippen molar-refractivity contribution in [2.75, 3.05) is 14.2 Å². The number of ether oxygens (including phenoxy) is 2. The minimum atomic E-state index is -0.120. The Morgan fingerprint density at radius 2 is 0.889 bits per heavy atom. The molecule has 0 aliphatic heterocycles. The molecule has 0 amide bonds. The minimum absolute atomic E-state index is 0.0231. The van der Waals surface area contributed by atoms with Crippen molar-refractivity contribution in [1.82, 2.24) is 0 Å². The van der Waals surface area contributed by atoms with E-state index in [4.69, 9.17) is 0 Å². The zero-order valence-electron chi connectivity index (χ0n) is 12.9. The number of esters is 2. The Hall–Kier alpha value is -1.06. The summed E-state index contributed by atoms with van der Waals surface area (Å²) in [4.78, 5) is 21.5. The van der Waals surface area contributed by atoms with Crippen molar-refractivity contribution in [3.8, 4) is 0 Å². The number of carbonyl (C=O) groups excluding carboxylic acids is 2. The van der Waals surface area contributed by atoms with Crippen molar-refractivity contribution >= 4 is 11.9 Å². The molecule has 0 saturated carbocycles. The maximum Gasteiger partial charge on any atom is 0.308 e. The second kappa shape index (κ2) is 9.92. The van der Waals surface area contributed by atoms with Gasteiger partial charge in [-0.3, -0.25) is 9.59 Å². The van der Waals surface area contributed by atoms with Crippen LogP contribution in [0.4, 0.5) is 0 Å². The molecule has 0 bridgehead atoms. The highest BCUT2D eigenvalue weighted by molar-refractivity contribution is 5.72. The predicted octanol–water partition coefficient (Wildman–Crippen LogP) is 2.90. The Bertz CT molecular complexity index is 220. The zero-order valence-corrected chi connectivity index (χ0v) is 12.9. The number of rotatable bonds is 4. The quantitative estimate of drug-likeness (QED) is 0.729. The molecule has 0 radical (unpaired) electrons. The Balaban J connectivity index is 0. The zero-order chi connectivity index (χ0) is 14.9. The molecule has 2 unspecified atom stereocenters. The molecule has 4 nitrogen and oxygen atoms in total. The first-order valence-corrected chi connectivity index (χ1v) is 6.34. The summed E-state index contributed by atoms with van der Waals surface area (Å²) in [6.45, 7) is 11.7. The summed E-state index contributed by atoms with van der Waals surface area (Å²) in [5, 5.41) is 0. The summed E-state index contributed by atoms with van der Waals surface area (Å²) >= 11 is 0. The summed E-state index contributed by atoms with van der Waals surface area (Å²) in [6.07, 6.45) is 0. The highest BCUT2D eigenvalue weighted by Gasteiger charge is 2.16. The smallest absolute Gasteiger partial charge is 0.308 e. The molecule has 0 spiro atoms. The van der Waals surface area contributed by atoms with Gasteiger partial charge in [-0.1, -0.05) is 41.5 Å². The third kappa shape index (κ3) is 8.09. The monoisotopic (exact) mass is 260 g/mol. The number of methoxy groups -OCH3 is 2. The fourth-order valence-corrected chi connectivity index (χ4v) is 0.916. The van der Waals surface area contributed by atoms with Crippen LogP contribution in [0.5, 0.6) is 0 Å². The van der Waals surface area contributed by atoms with Gasteiger partial charge in [0.05, 0.1) is 26.1 Å². The highest BCUT2D eigenvalue weighted by Crippen LogP contribution is 2.10. The van der Waals surface area contributed by atoms with Crippen LogP contribution < -0.4 is 0 Å². The first kappa shape index (κ1) is 19.3.